The third kappa shape index (κ3) is 3.14. The van der Waals surface area contributed by atoms with Crippen molar-refractivity contribution in [2.75, 3.05) is 6.61 Å². The summed E-state index contributed by atoms with van der Waals surface area (Å²) in [6.45, 7) is 5.33. The first-order chi connectivity index (χ1) is 12.2. The van der Waals surface area contributed by atoms with E-state index in [1.165, 1.54) is 37.9 Å². The normalized spacial score (nSPS) is 14.0. The Labute approximate surface area is 161 Å². The highest BCUT2D eigenvalue weighted by Gasteiger charge is 2.15. The van der Waals surface area contributed by atoms with Crippen LogP contribution in [0.4, 0.5) is 0 Å². The Morgan fingerprint density at radius 2 is 1.50 bits per heavy atom. The third-order valence-corrected chi connectivity index (χ3v) is 5.70. The lowest BCUT2D eigenvalue weighted by molar-refractivity contribution is 0.201. The summed E-state index contributed by atoms with van der Waals surface area (Å²) >= 11 is 0. The molecule has 3 heteroatoms. The molecule has 0 amide bonds. The summed E-state index contributed by atoms with van der Waals surface area (Å²) < 4.78 is 0. The van der Waals surface area contributed by atoms with E-state index >= 15 is 0 Å². The predicted octanol–water partition coefficient (Wildman–Crippen LogP) is 5.50. The molecule has 0 aliphatic carbocycles. The fourth-order valence-corrected chi connectivity index (χ4v) is 3.92. The Morgan fingerprint density at radius 1 is 0.885 bits per heavy atom. The Balaban J connectivity index is 0.00000196. The van der Waals surface area contributed by atoms with Gasteiger partial charge in [0.15, 0.2) is 0 Å². The van der Waals surface area contributed by atoms with E-state index in [1.807, 2.05) is 0 Å². The van der Waals surface area contributed by atoms with Crippen LogP contribution in [0.25, 0.3) is 32.3 Å². The fourth-order valence-electron chi connectivity index (χ4n) is 3.92. The van der Waals surface area contributed by atoms with Crippen molar-refractivity contribution >= 4 is 44.7 Å². The van der Waals surface area contributed by atoms with Crippen LogP contribution in [0.1, 0.15) is 25.8 Å². The van der Waals surface area contributed by atoms with Gasteiger partial charge in [-0.1, -0.05) is 74.9 Å². The summed E-state index contributed by atoms with van der Waals surface area (Å²) in [6.07, 6.45) is 1.07. The highest BCUT2D eigenvalue weighted by Crippen LogP contribution is 2.35. The topological polar surface area (TPSA) is 32.3 Å². The maximum Gasteiger partial charge on any atom is 0.0587 e. The molecule has 4 aromatic carbocycles. The smallest absolute Gasteiger partial charge is 0.0587 e. The fraction of sp³-hybridized carbons (Fsp3) is 0.304. The van der Waals surface area contributed by atoms with Gasteiger partial charge in [-0.05, 0) is 43.8 Å². The van der Waals surface area contributed by atoms with Gasteiger partial charge in [-0.15, -0.1) is 12.4 Å². The molecule has 0 aliphatic heterocycles. The number of nitrogens with one attached hydrogen (secondary N) is 1. The summed E-state index contributed by atoms with van der Waals surface area (Å²) in [6, 6.07) is 20.0. The van der Waals surface area contributed by atoms with Gasteiger partial charge >= 0.3 is 0 Å². The van der Waals surface area contributed by atoms with Gasteiger partial charge in [0.2, 0.25) is 0 Å². The number of hydrogen-bond donors (Lipinski definition) is 2. The van der Waals surface area contributed by atoms with Crippen molar-refractivity contribution in [3.05, 3.63) is 60.2 Å². The molecule has 0 fully saturated rings. The van der Waals surface area contributed by atoms with Gasteiger partial charge in [0.25, 0.3) is 0 Å². The van der Waals surface area contributed by atoms with Crippen molar-refractivity contribution in [1.82, 2.24) is 5.32 Å². The lowest BCUT2D eigenvalue weighted by Gasteiger charge is -2.23. The molecule has 0 heterocycles. The molecule has 0 bridgehead atoms. The molecule has 0 aliphatic rings. The Hall–Kier alpha value is -1.87. The number of benzene rings is 4. The van der Waals surface area contributed by atoms with Crippen LogP contribution in [0, 0.1) is 5.92 Å². The van der Waals surface area contributed by atoms with E-state index < -0.39 is 0 Å². The molecule has 4 rings (SSSR count). The van der Waals surface area contributed by atoms with Gasteiger partial charge in [-0.3, -0.25) is 0 Å². The van der Waals surface area contributed by atoms with Crippen LogP contribution in [0.5, 0.6) is 0 Å². The average molecular weight is 368 g/mol. The van der Waals surface area contributed by atoms with Crippen LogP contribution in [-0.2, 0) is 6.54 Å². The molecule has 4 aromatic rings. The maximum absolute atomic E-state index is 9.68. The summed E-state index contributed by atoms with van der Waals surface area (Å²) in [5.74, 6) is 0.463. The first-order valence-electron chi connectivity index (χ1n) is 9.22. The quantitative estimate of drug-likeness (QED) is 0.441. The van der Waals surface area contributed by atoms with E-state index in [2.05, 4.69) is 73.8 Å². The Kier molecular flexibility index (Phi) is 5.67. The Bertz CT molecular complexity index is 997. The molecule has 26 heavy (non-hydrogen) atoms. The van der Waals surface area contributed by atoms with E-state index in [4.69, 9.17) is 0 Å². The summed E-state index contributed by atoms with van der Waals surface area (Å²) in [7, 11) is 0. The first kappa shape index (κ1) is 18.9. The number of hydrogen-bond acceptors (Lipinski definition) is 2. The number of rotatable bonds is 6. The molecule has 2 atom stereocenters. The molecular formula is C23H26ClNO. The van der Waals surface area contributed by atoms with Gasteiger partial charge in [0, 0.05) is 12.6 Å². The van der Waals surface area contributed by atoms with E-state index in [9.17, 15) is 5.11 Å². The molecular weight excluding hydrogens is 342 g/mol. The maximum atomic E-state index is 9.68. The van der Waals surface area contributed by atoms with E-state index in [0.29, 0.717) is 5.92 Å². The molecule has 0 radical (unpaired) electrons. The summed E-state index contributed by atoms with van der Waals surface area (Å²) in [5, 5.41) is 21.2. The molecule has 2 N–H and O–H groups in total. The van der Waals surface area contributed by atoms with Gasteiger partial charge in [0.1, 0.15) is 0 Å². The van der Waals surface area contributed by atoms with Crippen molar-refractivity contribution in [3.63, 3.8) is 0 Å². The SMILES string of the molecule is CCC(C)C(CO)NCc1ccc2ccc3cccc4ccc1c2c34.Cl. The largest absolute Gasteiger partial charge is 0.395 e. The van der Waals surface area contributed by atoms with Gasteiger partial charge in [0.05, 0.1) is 6.61 Å². The van der Waals surface area contributed by atoms with Crippen LogP contribution in [-0.4, -0.2) is 17.8 Å². The lowest BCUT2D eigenvalue weighted by atomic mass is 9.91. The minimum Gasteiger partial charge on any atom is -0.395 e. The van der Waals surface area contributed by atoms with Crippen LogP contribution in [0.2, 0.25) is 0 Å². The van der Waals surface area contributed by atoms with Crippen molar-refractivity contribution in [2.24, 2.45) is 5.92 Å². The minimum atomic E-state index is 0. The van der Waals surface area contributed by atoms with E-state index in [1.54, 1.807) is 0 Å². The molecule has 136 valence electrons. The highest BCUT2D eigenvalue weighted by atomic mass is 35.5. The number of aliphatic hydroxyl groups excluding tert-OH is 1. The molecule has 2 nitrogen and oxygen atoms in total. The second-order valence-corrected chi connectivity index (χ2v) is 7.14. The second-order valence-electron chi connectivity index (χ2n) is 7.14. The van der Waals surface area contributed by atoms with Crippen LogP contribution < -0.4 is 5.32 Å². The van der Waals surface area contributed by atoms with E-state index in [-0.39, 0.29) is 25.1 Å². The monoisotopic (exact) mass is 367 g/mol. The molecule has 2 unspecified atom stereocenters. The van der Waals surface area contributed by atoms with Crippen molar-refractivity contribution in [1.29, 1.82) is 0 Å². The van der Waals surface area contributed by atoms with Crippen LogP contribution in [0.3, 0.4) is 0 Å². The summed E-state index contributed by atoms with van der Waals surface area (Å²) in [4.78, 5) is 0. The zero-order chi connectivity index (χ0) is 17.4. The highest BCUT2D eigenvalue weighted by molar-refractivity contribution is 6.23. The zero-order valence-corrected chi connectivity index (χ0v) is 16.1. The standard InChI is InChI=1S/C23H25NO.ClH/c1-3-15(2)21(14-25)24-13-19-10-9-18-8-7-16-5-4-6-17-11-12-20(19)23(18)22(16)17;/h4-12,15,21,24-25H,3,13-14H2,1-2H3;1H. The Morgan fingerprint density at radius 3 is 2.15 bits per heavy atom. The van der Waals surface area contributed by atoms with Crippen molar-refractivity contribution in [3.8, 4) is 0 Å². The van der Waals surface area contributed by atoms with Gasteiger partial charge in [-0.2, -0.15) is 0 Å². The predicted molar refractivity (Wildman–Crippen MR) is 115 cm³/mol. The first-order valence-corrected chi connectivity index (χ1v) is 9.22. The third-order valence-electron chi connectivity index (χ3n) is 5.70. The zero-order valence-electron chi connectivity index (χ0n) is 15.3. The second kappa shape index (κ2) is 7.79. The van der Waals surface area contributed by atoms with Crippen LogP contribution >= 0.6 is 12.4 Å². The van der Waals surface area contributed by atoms with E-state index in [0.717, 1.165) is 13.0 Å². The van der Waals surface area contributed by atoms with Crippen molar-refractivity contribution in [2.45, 2.75) is 32.9 Å². The summed E-state index contributed by atoms with van der Waals surface area (Å²) in [5.41, 5.74) is 1.30. The van der Waals surface area contributed by atoms with Gasteiger partial charge < -0.3 is 10.4 Å². The number of halogens is 1. The average Bonchev–Trinajstić information content (AvgIpc) is 2.67. The molecule has 0 aromatic heterocycles. The van der Waals surface area contributed by atoms with Crippen LogP contribution in [0.15, 0.2) is 54.6 Å². The molecule has 0 saturated heterocycles. The van der Waals surface area contributed by atoms with Crippen molar-refractivity contribution < 1.29 is 5.11 Å². The van der Waals surface area contributed by atoms with Gasteiger partial charge in [-0.25, -0.2) is 0 Å². The molecule has 0 spiro atoms. The lowest BCUT2D eigenvalue weighted by Crippen LogP contribution is -2.37. The number of aliphatic hydroxyl groups is 1. The minimum absolute atomic E-state index is 0. The molecule has 0 saturated carbocycles.